The molecule has 2 N–H and O–H groups in total. The molecule has 42 heavy (non-hydrogen) atoms. The van der Waals surface area contributed by atoms with Crippen LogP contribution in [0.25, 0.3) is 0 Å². The maximum absolute atomic E-state index is 12.6. The number of ether oxygens (including phenoxy) is 2. The van der Waals surface area contributed by atoms with E-state index in [4.69, 9.17) is 9.47 Å². The van der Waals surface area contributed by atoms with E-state index in [-0.39, 0.29) is 25.3 Å². The molecule has 228 valence electrons. The van der Waals surface area contributed by atoms with Gasteiger partial charge in [0.15, 0.2) is 0 Å². The first-order valence-corrected chi connectivity index (χ1v) is 14.5. The Morgan fingerprint density at radius 3 is 1.31 bits per heavy atom. The van der Waals surface area contributed by atoms with Crippen molar-refractivity contribution in [3.8, 4) is 0 Å². The molecule has 0 fully saturated rings. The number of urea groups is 2. The van der Waals surface area contributed by atoms with E-state index in [1.165, 1.54) is 0 Å². The van der Waals surface area contributed by atoms with Crippen molar-refractivity contribution in [3.05, 3.63) is 83.9 Å². The minimum absolute atomic E-state index is 0.0464. The highest BCUT2D eigenvalue weighted by molar-refractivity contribution is 5.91. The Morgan fingerprint density at radius 2 is 1.00 bits per heavy atom. The standard InChI is InChI=1S/C32H44N4O6/c1-5-33-31(39)35(7-3)27(21-25-15-11-9-12-16-25)23-41-29(37)19-20-30(38)42-24-28(22-26-17-13-10-14-18-26)36(8-4)32(40)34-6-2/h9-20,27-28H,5-8,21-24H2,1-4H3,(H,33,39)(H,34,40)/b20-19+/t27-,28-/m1/s1. The Morgan fingerprint density at radius 1 is 0.643 bits per heavy atom. The Balaban J connectivity index is 2.02. The van der Waals surface area contributed by atoms with Crippen LogP contribution in [-0.4, -0.2) is 85.3 Å². The molecule has 2 rings (SSSR count). The van der Waals surface area contributed by atoms with Crippen LogP contribution in [0.2, 0.25) is 0 Å². The third kappa shape index (κ3) is 11.6. The summed E-state index contributed by atoms with van der Waals surface area (Å²) in [6.45, 7) is 9.12. The van der Waals surface area contributed by atoms with Gasteiger partial charge in [0.2, 0.25) is 0 Å². The lowest BCUT2D eigenvalue weighted by Gasteiger charge is -2.30. The molecule has 0 radical (unpaired) electrons. The molecule has 0 saturated heterocycles. The molecule has 0 bridgehead atoms. The van der Waals surface area contributed by atoms with E-state index < -0.39 is 24.0 Å². The number of benzene rings is 2. The van der Waals surface area contributed by atoms with Gasteiger partial charge in [-0.2, -0.15) is 0 Å². The zero-order valence-electron chi connectivity index (χ0n) is 25.1. The Bertz CT molecular complexity index is 1050. The largest absolute Gasteiger partial charge is 0.460 e. The first kappa shape index (κ1) is 33.9. The van der Waals surface area contributed by atoms with Crippen LogP contribution in [0.15, 0.2) is 72.8 Å². The number of hydrogen-bond acceptors (Lipinski definition) is 6. The first-order chi connectivity index (χ1) is 20.3. The number of hydrogen-bond donors (Lipinski definition) is 2. The van der Waals surface area contributed by atoms with Gasteiger partial charge in [0.05, 0.1) is 12.1 Å². The van der Waals surface area contributed by atoms with Gasteiger partial charge in [-0.3, -0.25) is 0 Å². The van der Waals surface area contributed by atoms with Crippen LogP contribution in [0.4, 0.5) is 9.59 Å². The van der Waals surface area contributed by atoms with Crippen LogP contribution in [0.5, 0.6) is 0 Å². The van der Waals surface area contributed by atoms with Gasteiger partial charge in [-0.15, -0.1) is 0 Å². The molecule has 2 aromatic rings. The minimum Gasteiger partial charge on any atom is -0.460 e. The molecule has 10 heteroatoms. The van der Waals surface area contributed by atoms with E-state index in [1.54, 1.807) is 9.80 Å². The van der Waals surface area contributed by atoms with Gasteiger partial charge in [-0.05, 0) is 51.7 Å². The van der Waals surface area contributed by atoms with Gasteiger partial charge in [0.25, 0.3) is 0 Å². The van der Waals surface area contributed by atoms with E-state index in [9.17, 15) is 19.2 Å². The number of carbonyl (C=O) groups is 4. The van der Waals surface area contributed by atoms with Gasteiger partial charge in [0, 0.05) is 38.3 Å². The van der Waals surface area contributed by atoms with Crippen LogP contribution in [0, 0.1) is 0 Å². The van der Waals surface area contributed by atoms with Gasteiger partial charge in [-0.25, -0.2) is 19.2 Å². The zero-order valence-corrected chi connectivity index (χ0v) is 25.1. The summed E-state index contributed by atoms with van der Waals surface area (Å²) < 4.78 is 10.9. The fourth-order valence-corrected chi connectivity index (χ4v) is 4.52. The van der Waals surface area contributed by atoms with Crippen molar-refractivity contribution in [3.63, 3.8) is 0 Å². The maximum Gasteiger partial charge on any atom is 0.331 e. The van der Waals surface area contributed by atoms with Crippen LogP contribution < -0.4 is 10.6 Å². The molecule has 0 spiro atoms. The number of amides is 4. The monoisotopic (exact) mass is 580 g/mol. The third-order valence-corrected chi connectivity index (χ3v) is 6.56. The molecule has 0 aliphatic carbocycles. The Hall–Kier alpha value is -4.34. The molecule has 0 heterocycles. The smallest absolute Gasteiger partial charge is 0.331 e. The highest BCUT2D eigenvalue weighted by atomic mass is 16.5. The summed E-state index contributed by atoms with van der Waals surface area (Å²) in [7, 11) is 0. The summed E-state index contributed by atoms with van der Waals surface area (Å²) >= 11 is 0. The summed E-state index contributed by atoms with van der Waals surface area (Å²) in [6, 6.07) is 18.0. The molecule has 0 aliphatic heterocycles. The highest BCUT2D eigenvalue weighted by Crippen LogP contribution is 2.12. The fraction of sp³-hybridized carbons (Fsp3) is 0.438. The van der Waals surface area contributed by atoms with Crippen molar-refractivity contribution in [1.29, 1.82) is 0 Å². The molecular weight excluding hydrogens is 536 g/mol. The molecule has 10 nitrogen and oxygen atoms in total. The summed E-state index contributed by atoms with van der Waals surface area (Å²) in [5, 5.41) is 5.60. The molecule has 0 aliphatic rings. The van der Waals surface area contributed by atoms with E-state index in [0.717, 1.165) is 23.3 Å². The first-order valence-electron chi connectivity index (χ1n) is 14.5. The Kier molecular flexibility index (Phi) is 15.2. The van der Waals surface area contributed by atoms with E-state index in [2.05, 4.69) is 10.6 Å². The van der Waals surface area contributed by atoms with Crippen LogP contribution in [0.1, 0.15) is 38.8 Å². The molecule has 2 aromatic carbocycles. The lowest BCUT2D eigenvalue weighted by atomic mass is 10.1. The number of nitrogens with one attached hydrogen (secondary N) is 2. The average Bonchev–Trinajstić information content (AvgIpc) is 2.99. The predicted octanol–water partition coefficient (Wildman–Crippen LogP) is 3.95. The van der Waals surface area contributed by atoms with Crippen molar-refractivity contribution in [2.75, 3.05) is 39.4 Å². The van der Waals surface area contributed by atoms with Crippen LogP contribution in [0.3, 0.4) is 0 Å². The summed E-state index contributed by atoms with van der Waals surface area (Å²) in [5.41, 5.74) is 2.00. The highest BCUT2D eigenvalue weighted by Gasteiger charge is 2.25. The number of likely N-dealkylation sites (N-methyl/N-ethyl adjacent to an activating group) is 2. The van der Waals surface area contributed by atoms with Crippen LogP contribution in [-0.2, 0) is 31.9 Å². The lowest BCUT2D eigenvalue weighted by molar-refractivity contribution is -0.142. The molecule has 0 unspecified atom stereocenters. The summed E-state index contributed by atoms with van der Waals surface area (Å²) in [4.78, 5) is 53.5. The maximum atomic E-state index is 12.6. The number of esters is 2. The summed E-state index contributed by atoms with van der Waals surface area (Å²) in [5.74, 6) is -1.45. The zero-order chi connectivity index (χ0) is 30.7. The average molecular weight is 581 g/mol. The quantitative estimate of drug-likeness (QED) is 0.229. The van der Waals surface area contributed by atoms with Crippen molar-refractivity contribution in [2.45, 2.75) is 52.6 Å². The molecular formula is C32H44N4O6. The van der Waals surface area contributed by atoms with Crippen molar-refractivity contribution in [2.24, 2.45) is 0 Å². The van der Waals surface area contributed by atoms with Crippen molar-refractivity contribution < 1.29 is 28.7 Å². The second kappa shape index (κ2) is 18.9. The van der Waals surface area contributed by atoms with E-state index >= 15 is 0 Å². The number of rotatable bonds is 16. The van der Waals surface area contributed by atoms with E-state index in [1.807, 2.05) is 88.4 Å². The van der Waals surface area contributed by atoms with E-state index in [0.29, 0.717) is 39.0 Å². The fourth-order valence-electron chi connectivity index (χ4n) is 4.52. The lowest BCUT2D eigenvalue weighted by Crippen LogP contribution is -2.49. The van der Waals surface area contributed by atoms with Gasteiger partial charge in [0.1, 0.15) is 13.2 Å². The van der Waals surface area contributed by atoms with Crippen molar-refractivity contribution >= 4 is 24.0 Å². The number of carbonyl (C=O) groups excluding carboxylic acids is 4. The van der Waals surface area contributed by atoms with Gasteiger partial charge < -0.3 is 29.9 Å². The molecule has 0 saturated carbocycles. The Labute approximate surface area is 249 Å². The molecule has 0 aromatic heterocycles. The molecule has 2 atom stereocenters. The van der Waals surface area contributed by atoms with Gasteiger partial charge >= 0.3 is 24.0 Å². The SMILES string of the molecule is CCNC(=O)N(CC)[C@@H](COC(=O)/C=C/C(=O)OC[C@@H](Cc1ccccc1)N(CC)C(=O)NCC)Cc1ccccc1. The minimum atomic E-state index is -0.727. The second-order valence-electron chi connectivity index (χ2n) is 9.52. The predicted molar refractivity (Wildman–Crippen MR) is 162 cm³/mol. The molecule has 4 amide bonds. The third-order valence-electron chi connectivity index (χ3n) is 6.56. The normalized spacial score (nSPS) is 12.2. The second-order valence-corrected chi connectivity index (χ2v) is 9.52. The number of nitrogens with zero attached hydrogens (tertiary/aromatic N) is 2. The van der Waals surface area contributed by atoms with Crippen molar-refractivity contribution in [1.82, 2.24) is 20.4 Å². The summed E-state index contributed by atoms with van der Waals surface area (Å²) in [6.07, 6.45) is 3.01. The van der Waals surface area contributed by atoms with Gasteiger partial charge in [-0.1, -0.05) is 60.7 Å². The van der Waals surface area contributed by atoms with Crippen LogP contribution >= 0.6 is 0 Å². The topological polar surface area (TPSA) is 117 Å².